The van der Waals surface area contributed by atoms with Crippen molar-refractivity contribution in [3.05, 3.63) is 64.2 Å². The van der Waals surface area contributed by atoms with Crippen LogP contribution in [-0.2, 0) is 0 Å². The molecule has 0 N–H and O–H groups in total. The van der Waals surface area contributed by atoms with Crippen molar-refractivity contribution < 1.29 is 14.4 Å². The van der Waals surface area contributed by atoms with Crippen LogP contribution in [0.25, 0.3) is 0 Å². The third-order valence-corrected chi connectivity index (χ3v) is 2.66. The molecule has 0 saturated carbocycles. The molecule has 2 rings (SSSR count). The van der Waals surface area contributed by atoms with E-state index in [0.29, 0.717) is 19.0 Å². The molecule has 0 aromatic heterocycles. The average molecular weight is 273 g/mol. The molecule has 5 heteroatoms. The van der Waals surface area contributed by atoms with E-state index in [0.717, 1.165) is 11.3 Å². The van der Waals surface area contributed by atoms with Crippen LogP contribution in [0, 0.1) is 17.0 Å². The molecule has 5 nitrogen and oxygen atoms in total. The van der Waals surface area contributed by atoms with Gasteiger partial charge in [0, 0.05) is 12.1 Å². The number of non-ortho nitro benzene ring substituents is 1. The van der Waals surface area contributed by atoms with Crippen LogP contribution in [-0.4, -0.2) is 18.1 Å². The molecule has 0 spiro atoms. The second kappa shape index (κ2) is 6.56. The highest BCUT2D eigenvalue weighted by Crippen LogP contribution is 2.17. The van der Waals surface area contributed by atoms with Crippen LogP contribution < -0.4 is 9.47 Å². The quantitative estimate of drug-likeness (QED) is 0.460. The van der Waals surface area contributed by atoms with Gasteiger partial charge in [-0.15, -0.1) is 0 Å². The fourth-order valence-electron chi connectivity index (χ4n) is 1.69. The summed E-state index contributed by atoms with van der Waals surface area (Å²) in [5.74, 6) is 1.39. The highest BCUT2D eigenvalue weighted by atomic mass is 16.6. The molecule has 0 heterocycles. The zero-order chi connectivity index (χ0) is 14.4. The third kappa shape index (κ3) is 3.98. The molecule has 0 unspecified atom stereocenters. The van der Waals surface area contributed by atoms with Crippen LogP contribution in [0.1, 0.15) is 5.56 Å². The normalized spacial score (nSPS) is 10.1. The Hall–Kier alpha value is -2.56. The Labute approximate surface area is 116 Å². The molecule has 2 aromatic carbocycles. The Morgan fingerprint density at radius 3 is 2.25 bits per heavy atom. The first-order chi connectivity index (χ1) is 9.65. The summed E-state index contributed by atoms with van der Waals surface area (Å²) in [7, 11) is 0. The maximum Gasteiger partial charge on any atom is 0.269 e. The molecule has 2 aromatic rings. The molecular weight excluding hydrogens is 258 g/mol. The Kier molecular flexibility index (Phi) is 4.55. The van der Waals surface area contributed by atoms with Crippen molar-refractivity contribution >= 4 is 5.69 Å². The number of nitro benzene ring substituents is 1. The molecule has 0 aliphatic rings. The Bertz CT molecular complexity index is 581. The summed E-state index contributed by atoms with van der Waals surface area (Å²) in [6.07, 6.45) is 0. The molecular formula is C15H15NO4. The summed E-state index contributed by atoms with van der Waals surface area (Å²) < 4.78 is 11.0. The third-order valence-electron chi connectivity index (χ3n) is 2.66. The first-order valence-electron chi connectivity index (χ1n) is 6.22. The number of rotatable bonds is 6. The Morgan fingerprint density at radius 1 is 1.00 bits per heavy atom. The molecule has 0 bridgehead atoms. The lowest BCUT2D eigenvalue weighted by atomic mass is 10.2. The van der Waals surface area contributed by atoms with Gasteiger partial charge in [0.15, 0.2) is 0 Å². The number of hydrogen-bond donors (Lipinski definition) is 0. The summed E-state index contributed by atoms with van der Waals surface area (Å²) in [6.45, 7) is 2.80. The van der Waals surface area contributed by atoms with Crippen LogP contribution in [0.2, 0.25) is 0 Å². The summed E-state index contributed by atoms with van der Waals surface area (Å²) in [6, 6.07) is 13.7. The van der Waals surface area contributed by atoms with Crippen molar-refractivity contribution in [1.29, 1.82) is 0 Å². The molecule has 0 aliphatic heterocycles. The minimum Gasteiger partial charge on any atom is -0.490 e. The van der Waals surface area contributed by atoms with Crippen LogP contribution >= 0.6 is 0 Å². The first-order valence-corrected chi connectivity index (χ1v) is 6.22. The van der Waals surface area contributed by atoms with E-state index in [1.54, 1.807) is 12.1 Å². The van der Waals surface area contributed by atoms with Crippen molar-refractivity contribution in [3.63, 3.8) is 0 Å². The predicted octanol–water partition coefficient (Wildman–Crippen LogP) is 3.36. The maximum absolute atomic E-state index is 10.5. The van der Waals surface area contributed by atoms with Crippen LogP contribution in [0.3, 0.4) is 0 Å². The molecule has 0 atom stereocenters. The predicted molar refractivity (Wildman–Crippen MR) is 75.3 cm³/mol. The van der Waals surface area contributed by atoms with Gasteiger partial charge in [-0.05, 0) is 36.8 Å². The summed E-state index contributed by atoms with van der Waals surface area (Å²) >= 11 is 0. The van der Waals surface area contributed by atoms with Crippen molar-refractivity contribution in [1.82, 2.24) is 0 Å². The van der Waals surface area contributed by atoms with E-state index in [4.69, 9.17) is 9.47 Å². The standard InChI is InChI=1S/C15H15NO4/c1-12-3-2-4-15(11-12)20-10-9-19-14-7-5-13(6-8-14)16(17)18/h2-8,11H,9-10H2,1H3. The van der Waals surface area contributed by atoms with Gasteiger partial charge in [0.2, 0.25) is 0 Å². The summed E-state index contributed by atoms with van der Waals surface area (Å²) in [4.78, 5) is 10.1. The van der Waals surface area contributed by atoms with E-state index in [9.17, 15) is 10.1 Å². The lowest BCUT2D eigenvalue weighted by Gasteiger charge is -2.08. The minimum absolute atomic E-state index is 0.0494. The van der Waals surface area contributed by atoms with Gasteiger partial charge >= 0.3 is 0 Å². The van der Waals surface area contributed by atoms with Gasteiger partial charge in [-0.25, -0.2) is 0 Å². The number of ether oxygens (including phenoxy) is 2. The topological polar surface area (TPSA) is 61.6 Å². The van der Waals surface area contributed by atoms with E-state index in [2.05, 4.69) is 0 Å². The van der Waals surface area contributed by atoms with Gasteiger partial charge in [0.1, 0.15) is 24.7 Å². The van der Waals surface area contributed by atoms with Gasteiger partial charge in [-0.2, -0.15) is 0 Å². The molecule has 0 fully saturated rings. The van der Waals surface area contributed by atoms with E-state index < -0.39 is 4.92 Å². The first kappa shape index (κ1) is 13.9. The molecule has 0 aliphatic carbocycles. The van der Waals surface area contributed by atoms with Crippen molar-refractivity contribution in [2.75, 3.05) is 13.2 Å². The minimum atomic E-state index is -0.440. The lowest BCUT2D eigenvalue weighted by Crippen LogP contribution is -2.09. The molecule has 20 heavy (non-hydrogen) atoms. The van der Waals surface area contributed by atoms with Gasteiger partial charge < -0.3 is 9.47 Å². The monoisotopic (exact) mass is 273 g/mol. The van der Waals surface area contributed by atoms with E-state index >= 15 is 0 Å². The Balaban J connectivity index is 1.77. The number of aryl methyl sites for hydroxylation is 1. The van der Waals surface area contributed by atoms with Crippen molar-refractivity contribution in [3.8, 4) is 11.5 Å². The van der Waals surface area contributed by atoms with E-state index in [1.807, 2.05) is 31.2 Å². The van der Waals surface area contributed by atoms with Crippen molar-refractivity contribution in [2.45, 2.75) is 6.92 Å². The second-order valence-electron chi connectivity index (χ2n) is 4.26. The summed E-state index contributed by atoms with van der Waals surface area (Å²) in [5, 5.41) is 10.5. The molecule has 0 radical (unpaired) electrons. The van der Waals surface area contributed by atoms with Gasteiger partial charge in [-0.3, -0.25) is 10.1 Å². The van der Waals surface area contributed by atoms with Crippen LogP contribution in [0.15, 0.2) is 48.5 Å². The van der Waals surface area contributed by atoms with Crippen LogP contribution in [0.4, 0.5) is 5.69 Å². The molecule has 0 amide bonds. The number of hydrogen-bond acceptors (Lipinski definition) is 4. The smallest absolute Gasteiger partial charge is 0.269 e. The van der Waals surface area contributed by atoms with Gasteiger partial charge in [0.05, 0.1) is 4.92 Å². The van der Waals surface area contributed by atoms with E-state index in [1.165, 1.54) is 12.1 Å². The SMILES string of the molecule is Cc1cccc(OCCOc2ccc([N+](=O)[O-])cc2)c1. The fourth-order valence-corrected chi connectivity index (χ4v) is 1.69. The zero-order valence-corrected chi connectivity index (χ0v) is 11.1. The van der Waals surface area contributed by atoms with Crippen LogP contribution in [0.5, 0.6) is 11.5 Å². The number of benzene rings is 2. The number of nitro groups is 1. The van der Waals surface area contributed by atoms with Gasteiger partial charge in [-0.1, -0.05) is 12.1 Å². The second-order valence-corrected chi connectivity index (χ2v) is 4.26. The largest absolute Gasteiger partial charge is 0.490 e. The van der Waals surface area contributed by atoms with E-state index in [-0.39, 0.29) is 5.69 Å². The maximum atomic E-state index is 10.5. The lowest BCUT2D eigenvalue weighted by molar-refractivity contribution is -0.384. The molecule has 104 valence electrons. The highest BCUT2D eigenvalue weighted by Gasteiger charge is 2.04. The number of nitrogens with zero attached hydrogens (tertiary/aromatic N) is 1. The molecule has 0 saturated heterocycles. The Morgan fingerprint density at radius 2 is 1.65 bits per heavy atom. The average Bonchev–Trinajstić information content (AvgIpc) is 2.44. The van der Waals surface area contributed by atoms with Crippen molar-refractivity contribution in [2.24, 2.45) is 0 Å². The summed E-state index contributed by atoms with van der Waals surface area (Å²) in [5.41, 5.74) is 1.19. The highest BCUT2D eigenvalue weighted by molar-refractivity contribution is 5.36. The van der Waals surface area contributed by atoms with Gasteiger partial charge in [0.25, 0.3) is 5.69 Å². The zero-order valence-electron chi connectivity index (χ0n) is 11.1. The fraction of sp³-hybridized carbons (Fsp3) is 0.200.